The quantitative estimate of drug-likeness (QED) is 0.690. The van der Waals surface area contributed by atoms with Crippen LogP contribution in [0.2, 0.25) is 0 Å². The molecule has 0 aromatic heterocycles. The van der Waals surface area contributed by atoms with Crippen LogP contribution in [0.5, 0.6) is 0 Å². The zero-order chi connectivity index (χ0) is 12.3. The van der Waals surface area contributed by atoms with Crippen LogP contribution in [0.4, 0.5) is 9.18 Å². The summed E-state index contributed by atoms with van der Waals surface area (Å²) in [6.45, 7) is 6.08. The molecule has 1 saturated heterocycles. The van der Waals surface area contributed by atoms with Gasteiger partial charge in [0.1, 0.15) is 11.7 Å². The fraction of sp³-hybridized carbons (Fsp3) is 0.818. The Kier molecular flexibility index (Phi) is 3.74. The van der Waals surface area contributed by atoms with E-state index in [-0.39, 0.29) is 12.5 Å². The molecule has 1 fully saturated rings. The molecule has 1 aliphatic heterocycles. The molecule has 0 spiro atoms. The first kappa shape index (κ1) is 12.8. The van der Waals surface area contributed by atoms with Crippen molar-refractivity contribution in [2.45, 2.75) is 39.0 Å². The molecule has 0 aromatic carbocycles. The van der Waals surface area contributed by atoms with Gasteiger partial charge in [0, 0.05) is 19.0 Å². The standard InChI is InChI=1S/C11H17FN2O2/c1-11(2,3)16-10(15)14-5-4-8(7-14)9(12)6-13/h8-9H,4-5,7H2,1-3H3. The third-order valence-corrected chi connectivity index (χ3v) is 2.41. The maximum Gasteiger partial charge on any atom is 0.410 e. The Morgan fingerprint density at radius 1 is 1.62 bits per heavy atom. The Morgan fingerprint density at radius 3 is 2.75 bits per heavy atom. The second kappa shape index (κ2) is 4.69. The molecule has 0 aliphatic carbocycles. The van der Waals surface area contributed by atoms with E-state index >= 15 is 0 Å². The van der Waals surface area contributed by atoms with Gasteiger partial charge in [-0.15, -0.1) is 0 Å². The lowest BCUT2D eigenvalue weighted by atomic mass is 10.0. The lowest BCUT2D eigenvalue weighted by Gasteiger charge is -2.24. The highest BCUT2D eigenvalue weighted by Gasteiger charge is 2.34. The predicted molar refractivity (Wildman–Crippen MR) is 56.4 cm³/mol. The SMILES string of the molecule is CC(C)(C)OC(=O)N1CCC(C(F)C#N)C1. The summed E-state index contributed by atoms with van der Waals surface area (Å²) in [5, 5.41) is 8.45. The van der Waals surface area contributed by atoms with Gasteiger partial charge in [-0.2, -0.15) is 5.26 Å². The van der Waals surface area contributed by atoms with Gasteiger partial charge in [-0.1, -0.05) is 0 Å². The largest absolute Gasteiger partial charge is 0.444 e. The zero-order valence-corrected chi connectivity index (χ0v) is 9.86. The van der Waals surface area contributed by atoms with Gasteiger partial charge in [0.25, 0.3) is 0 Å². The van der Waals surface area contributed by atoms with Crippen LogP contribution >= 0.6 is 0 Å². The van der Waals surface area contributed by atoms with E-state index in [1.807, 2.05) is 0 Å². The molecule has 5 heteroatoms. The lowest BCUT2D eigenvalue weighted by Crippen LogP contribution is -2.35. The van der Waals surface area contributed by atoms with Crippen LogP contribution in [0.1, 0.15) is 27.2 Å². The fourth-order valence-electron chi connectivity index (χ4n) is 1.62. The van der Waals surface area contributed by atoms with Crippen LogP contribution < -0.4 is 0 Å². The number of likely N-dealkylation sites (tertiary alicyclic amines) is 1. The number of nitrogens with zero attached hydrogens (tertiary/aromatic N) is 2. The average Bonchev–Trinajstić information content (AvgIpc) is 2.62. The van der Waals surface area contributed by atoms with Crippen LogP contribution in [0.15, 0.2) is 0 Å². The molecule has 0 saturated carbocycles. The summed E-state index contributed by atoms with van der Waals surface area (Å²) in [4.78, 5) is 13.1. The third-order valence-electron chi connectivity index (χ3n) is 2.41. The molecule has 16 heavy (non-hydrogen) atoms. The van der Waals surface area contributed by atoms with Gasteiger partial charge in [0.15, 0.2) is 6.17 Å². The van der Waals surface area contributed by atoms with E-state index < -0.39 is 17.9 Å². The first-order valence-corrected chi connectivity index (χ1v) is 5.35. The van der Waals surface area contributed by atoms with Gasteiger partial charge in [0.2, 0.25) is 0 Å². The number of alkyl halides is 1. The number of hydrogen-bond donors (Lipinski definition) is 0. The Labute approximate surface area is 95.0 Å². The minimum Gasteiger partial charge on any atom is -0.444 e. The smallest absolute Gasteiger partial charge is 0.410 e. The number of carbonyl (C=O) groups is 1. The first-order valence-electron chi connectivity index (χ1n) is 5.35. The number of hydrogen-bond acceptors (Lipinski definition) is 3. The molecule has 4 nitrogen and oxygen atoms in total. The van der Waals surface area contributed by atoms with Crippen molar-refractivity contribution < 1.29 is 13.9 Å². The second-order valence-corrected chi connectivity index (χ2v) is 5.01. The van der Waals surface area contributed by atoms with Crippen LogP contribution in [-0.2, 0) is 4.74 Å². The third kappa shape index (κ3) is 3.37. The Balaban J connectivity index is 2.48. The van der Waals surface area contributed by atoms with Gasteiger partial charge >= 0.3 is 6.09 Å². The van der Waals surface area contributed by atoms with Crippen LogP contribution in [0.3, 0.4) is 0 Å². The highest BCUT2D eigenvalue weighted by atomic mass is 19.1. The van der Waals surface area contributed by atoms with E-state index in [1.54, 1.807) is 26.8 Å². The Morgan fingerprint density at radius 2 is 2.25 bits per heavy atom. The van der Waals surface area contributed by atoms with E-state index in [9.17, 15) is 9.18 Å². The van der Waals surface area contributed by atoms with E-state index in [4.69, 9.17) is 10.00 Å². The molecule has 1 amide bonds. The molecular formula is C11H17FN2O2. The minimum atomic E-state index is -1.49. The normalized spacial score (nSPS) is 22.7. The van der Waals surface area contributed by atoms with Crippen molar-refractivity contribution in [1.29, 1.82) is 5.26 Å². The molecule has 2 atom stereocenters. The van der Waals surface area contributed by atoms with E-state index in [2.05, 4.69) is 0 Å². The molecule has 1 rings (SSSR count). The van der Waals surface area contributed by atoms with Gasteiger partial charge in [-0.25, -0.2) is 9.18 Å². The molecule has 0 bridgehead atoms. The Bertz CT molecular complexity index is 306. The summed E-state index contributed by atoms with van der Waals surface area (Å²) in [6.07, 6.45) is -1.40. The summed E-state index contributed by atoms with van der Waals surface area (Å²) < 4.78 is 18.2. The average molecular weight is 228 g/mol. The number of amides is 1. The van der Waals surface area contributed by atoms with Crippen LogP contribution in [0.25, 0.3) is 0 Å². The summed E-state index contributed by atoms with van der Waals surface area (Å²) in [5.74, 6) is -0.377. The predicted octanol–water partition coefficient (Wildman–Crippen LogP) is 2.11. The highest BCUT2D eigenvalue weighted by Crippen LogP contribution is 2.23. The van der Waals surface area contributed by atoms with E-state index in [0.717, 1.165) is 0 Å². The summed E-state index contributed by atoms with van der Waals surface area (Å²) in [6, 6.07) is 1.57. The maximum atomic E-state index is 13.1. The number of nitriles is 1. The number of ether oxygens (including phenoxy) is 1. The molecule has 90 valence electrons. The van der Waals surface area contributed by atoms with Crippen molar-refractivity contribution in [3.8, 4) is 6.07 Å². The molecule has 0 radical (unpaired) electrons. The molecule has 2 unspecified atom stereocenters. The van der Waals surface area contributed by atoms with E-state index in [0.29, 0.717) is 13.0 Å². The number of rotatable bonds is 1. The van der Waals surface area contributed by atoms with Crippen molar-refractivity contribution in [2.75, 3.05) is 13.1 Å². The maximum absolute atomic E-state index is 13.1. The number of carbonyl (C=O) groups excluding carboxylic acids is 1. The molecule has 0 aromatic rings. The van der Waals surface area contributed by atoms with Crippen molar-refractivity contribution >= 4 is 6.09 Å². The highest BCUT2D eigenvalue weighted by molar-refractivity contribution is 5.68. The van der Waals surface area contributed by atoms with Crippen LogP contribution in [-0.4, -0.2) is 35.9 Å². The molecule has 0 N–H and O–H groups in total. The summed E-state index contributed by atoms with van der Waals surface area (Å²) in [7, 11) is 0. The van der Waals surface area contributed by atoms with Crippen LogP contribution in [0, 0.1) is 17.2 Å². The summed E-state index contributed by atoms with van der Waals surface area (Å²) in [5.41, 5.74) is -0.542. The topological polar surface area (TPSA) is 53.3 Å². The van der Waals surface area contributed by atoms with Crippen molar-refractivity contribution in [1.82, 2.24) is 4.90 Å². The summed E-state index contributed by atoms with van der Waals surface area (Å²) >= 11 is 0. The Hall–Kier alpha value is -1.31. The van der Waals surface area contributed by atoms with Gasteiger partial charge < -0.3 is 9.64 Å². The first-order chi connectivity index (χ1) is 7.33. The molecular weight excluding hydrogens is 211 g/mol. The zero-order valence-electron chi connectivity index (χ0n) is 9.86. The van der Waals surface area contributed by atoms with Crippen molar-refractivity contribution in [3.63, 3.8) is 0 Å². The lowest BCUT2D eigenvalue weighted by molar-refractivity contribution is 0.0284. The van der Waals surface area contributed by atoms with Crippen molar-refractivity contribution in [2.24, 2.45) is 5.92 Å². The fourth-order valence-corrected chi connectivity index (χ4v) is 1.62. The van der Waals surface area contributed by atoms with Gasteiger partial charge in [-0.05, 0) is 27.2 Å². The van der Waals surface area contributed by atoms with Crippen molar-refractivity contribution in [3.05, 3.63) is 0 Å². The number of halogens is 1. The van der Waals surface area contributed by atoms with Gasteiger partial charge in [-0.3, -0.25) is 0 Å². The molecule has 1 heterocycles. The van der Waals surface area contributed by atoms with E-state index in [1.165, 1.54) is 4.90 Å². The minimum absolute atomic E-state index is 0.267. The monoisotopic (exact) mass is 228 g/mol. The second-order valence-electron chi connectivity index (χ2n) is 5.01. The van der Waals surface area contributed by atoms with Gasteiger partial charge in [0.05, 0.1) is 0 Å². The molecule has 1 aliphatic rings.